The van der Waals surface area contributed by atoms with E-state index in [0.717, 1.165) is 30.6 Å². The first-order valence-corrected chi connectivity index (χ1v) is 6.10. The summed E-state index contributed by atoms with van der Waals surface area (Å²) in [6.45, 7) is 4.22. The third kappa shape index (κ3) is 2.12. The molecule has 0 fully saturated rings. The lowest BCUT2D eigenvalue weighted by Gasteiger charge is -2.25. The van der Waals surface area contributed by atoms with E-state index in [1.54, 1.807) is 0 Å². The van der Waals surface area contributed by atoms with Crippen LogP contribution in [0.3, 0.4) is 0 Å². The fourth-order valence-electron chi connectivity index (χ4n) is 2.17. The van der Waals surface area contributed by atoms with Crippen molar-refractivity contribution in [1.82, 2.24) is 4.98 Å². The summed E-state index contributed by atoms with van der Waals surface area (Å²) in [7, 11) is 2.00. The van der Waals surface area contributed by atoms with Crippen LogP contribution < -0.4 is 10.6 Å². The minimum atomic E-state index is 0.106. The lowest BCUT2D eigenvalue weighted by atomic mass is 10.1. The van der Waals surface area contributed by atoms with Gasteiger partial charge in [0.1, 0.15) is 11.7 Å². The van der Waals surface area contributed by atoms with E-state index < -0.39 is 0 Å². The fraction of sp³-hybridized carbons (Fsp3) is 0.538. The molecule has 1 aliphatic carbocycles. The molecule has 0 amide bonds. The zero-order valence-electron chi connectivity index (χ0n) is 10.7. The van der Waals surface area contributed by atoms with Crippen molar-refractivity contribution in [1.29, 1.82) is 5.41 Å². The van der Waals surface area contributed by atoms with E-state index in [1.165, 1.54) is 11.3 Å². The van der Waals surface area contributed by atoms with Gasteiger partial charge in [0.05, 0.1) is 5.56 Å². The van der Waals surface area contributed by atoms with E-state index in [-0.39, 0.29) is 5.84 Å². The van der Waals surface area contributed by atoms with E-state index in [9.17, 15) is 0 Å². The molecule has 0 bridgehead atoms. The second-order valence-corrected chi connectivity index (χ2v) is 4.94. The molecular formula is C13H20N4. The van der Waals surface area contributed by atoms with Gasteiger partial charge in [-0.1, -0.05) is 0 Å². The molecular weight excluding hydrogens is 212 g/mol. The largest absolute Gasteiger partial charge is 0.384 e. The minimum absolute atomic E-state index is 0.106. The molecule has 3 N–H and O–H groups in total. The lowest BCUT2D eigenvalue weighted by Crippen LogP contribution is -2.30. The van der Waals surface area contributed by atoms with Gasteiger partial charge in [-0.15, -0.1) is 0 Å². The Morgan fingerprint density at radius 3 is 2.76 bits per heavy atom. The first kappa shape index (κ1) is 11.9. The third-order valence-corrected chi connectivity index (χ3v) is 3.43. The summed E-state index contributed by atoms with van der Waals surface area (Å²) in [5, 5.41) is 7.68. The summed E-state index contributed by atoms with van der Waals surface area (Å²) < 4.78 is 0. The summed E-state index contributed by atoms with van der Waals surface area (Å²) in [5.41, 5.74) is 8.87. The van der Waals surface area contributed by atoms with Crippen LogP contribution in [0, 0.1) is 5.41 Å². The number of nitrogens with two attached hydrogens (primary N) is 1. The Labute approximate surface area is 102 Å². The van der Waals surface area contributed by atoms with Crippen LogP contribution in [0.1, 0.15) is 37.1 Å². The Bertz CT molecular complexity index is 451. The minimum Gasteiger partial charge on any atom is -0.384 e. The van der Waals surface area contributed by atoms with Crippen molar-refractivity contribution in [3.8, 4) is 0 Å². The molecule has 1 aliphatic rings. The topological polar surface area (TPSA) is 66.0 Å². The van der Waals surface area contributed by atoms with Crippen LogP contribution in [0.4, 0.5) is 5.82 Å². The van der Waals surface area contributed by atoms with Gasteiger partial charge in [0.2, 0.25) is 0 Å². The van der Waals surface area contributed by atoms with Crippen molar-refractivity contribution in [2.24, 2.45) is 5.73 Å². The maximum Gasteiger partial charge on any atom is 0.139 e. The molecule has 4 heteroatoms. The number of hydrogen-bond donors (Lipinski definition) is 2. The summed E-state index contributed by atoms with van der Waals surface area (Å²) in [6.07, 6.45) is 3.27. The predicted octanol–water partition coefficient (Wildman–Crippen LogP) is 1.70. The molecule has 92 valence electrons. The number of hydrogen-bond acceptors (Lipinski definition) is 3. The maximum atomic E-state index is 7.68. The molecule has 4 nitrogen and oxygen atoms in total. The van der Waals surface area contributed by atoms with Crippen molar-refractivity contribution >= 4 is 11.7 Å². The molecule has 0 atom stereocenters. The molecule has 0 saturated heterocycles. The molecule has 1 aromatic rings. The van der Waals surface area contributed by atoms with Crippen LogP contribution in [0.5, 0.6) is 0 Å². The number of aryl methyl sites for hydroxylation is 2. The zero-order chi connectivity index (χ0) is 12.6. The van der Waals surface area contributed by atoms with E-state index in [1.807, 2.05) is 13.1 Å². The van der Waals surface area contributed by atoms with Gasteiger partial charge in [-0.25, -0.2) is 4.98 Å². The molecule has 0 saturated carbocycles. The highest BCUT2D eigenvalue weighted by molar-refractivity contribution is 5.99. The van der Waals surface area contributed by atoms with Crippen molar-refractivity contribution in [3.63, 3.8) is 0 Å². The van der Waals surface area contributed by atoms with Gasteiger partial charge in [-0.2, -0.15) is 0 Å². The Hall–Kier alpha value is -1.58. The van der Waals surface area contributed by atoms with E-state index >= 15 is 0 Å². The standard InChI is InChI=1S/C13H20N4/c1-8(2)17(3)13-10(12(14)15)7-9-5-4-6-11(9)16-13/h7-8H,4-6H2,1-3H3,(H3,14,15). The molecule has 17 heavy (non-hydrogen) atoms. The molecule has 1 heterocycles. The van der Waals surface area contributed by atoms with Crippen LogP contribution in [-0.4, -0.2) is 23.9 Å². The summed E-state index contributed by atoms with van der Waals surface area (Å²) >= 11 is 0. The third-order valence-electron chi connectivity index (χ3n) is 3.43. The van der Waals surface area contributed by atoms with Gasteiger partial charge in [0, 0.05) is 18.8 Å². The van der Waals surface area contributed by atoms with Crippen LogP contribution in [-0.2, 0) is 12.8 Å². The number of amidine groups is 1. The first-order chi connectivity index (χ1) is 8.00. The van der Waals surface area contributed by atoms with Crippen LogP contribution in [0.2, 0.25) is 0 Å². The SMILES string of the molecule is CC(C)N(C)c1nc2c(cc1C(=N)N)CCC2. The van der Waals surface area contributed by atoms with Crippen molar-refractivity contribution in [2.75, 3.05) is 11.9 Å². The zero-order valence-corrected chi connectivity index (χ0v) is 10.7. The van der Waals surface area contributed by atoms with E-state index in [0.29, 0.717) is 6.04 Å². The number of anilines is 1. The molecule has 0 radical (unpaired) electrons. The molecule has 0 aromatic carbocycles. The van der Waals surface area contributed by atoms with Gasteiger partial charge < -0.3 is 10.6 Å². The summed E-state index contributed by atoms with van der Waals surface area (Å²) in [5.74, 6) is 0.947. The number of aromatic nitrogens is 1. The van der Waals surface area contributed by atoms with Gasteiger partial charge >= 0.3 is 0 Å². The fourth-order valence-corrected chi connectivity index (χ4v) is 2.17. The monoisotopic (exact) mass is 232 g/mol. The van der Waals surface area contributed by atoms with Crippen LogP contribution in [0.15, 0.2) is 6.07 Å². The second kappa shape index (κ2) is 4.35. The molecule has 0 spiro atoms. The Balaban J connectivity index is 2.52. The van der Waals surface area contributed by atoms with Crippen LogP contribution in [0.25, 0.3) is 0 Å². The molecule has 0 unspecified atom stereocenters. The normalized spacial score (nSPS) is 13.9. The number of nitrogens with zero attached hydrogens (tertiary/aromatic N) is 2. The highest BCUT2D eigenvalue weighted by atomic mass is 15.2. The smallest absolute Gasteiger partial charge is 0.139 e. The summed E-state index contributed by atoms with van der Waals surface area (Å²) in [4.78, 5) is 6.78. The first-order valence-electron chi connectivity index (χ1n) is 6.10. The molecule has 0 aliphatic heterocycles. The summed E-state index contributed by atoms with van der Waals surface area (Å²) in [6, 6.07) is 2.39. The average Bonchev–Trinajstić information content (AvgIpc) is 2.72. The number of fused-ring (bicyclic) bond motifs is 1. The van der Waals surface area contributed by atoms with Gasteiger partial charge in [-0.3, -0.25) is 5.41 Å². The van der Waals surface area contributed by atoms with Crippen LogP contribution >= 0.6 is 0 Å². The van der Waals surface area contributed by atoms with Crippen molar-refractivity contribution < 1.29 is 0 Å². The number of rotatable bonds is 3. The maximum absolute atomic E-state index is 7.68. The van der Waals surface area contributed by atoms with E-state index in [2.05, 4.69) is 18.7 Å². The number of nitrogen functional groups attached to an aromatic ring is 1. The van der Waals surface area contributed by atoms with E-state index in [4.69, 9.17) is 16.1 Å². The highest BCUT2D eigenvalue weighted by Crippen LogP contribution is 2.27. The predicted molar refractivity (Wildman–Crippen MR) is 70.8 cm³/mol. The molecule has 2 rings (SSSR count). The van der Waals surface area contributed by atoms with Crippen molar-refractivity contribution in [2.45, 2.75) is 39.2 Å². The van der Waals surface area contributed by atoms with Gasteiger partial charge in [0.15, 0.2) is 0 Å². The van der Waals surface area contributed by atoms with Gasteiger partial charge in [0.25, 0.3) is 0 Å². The second-order valence-electron chi connectivity index (χ2n) is 4.94. The average molecular weight is 232 g/mol. The Morgan fingerprint density at radius 2 is 2.18 bits per heavy atom. The Morgan fingerprint density at radius 1 is 1.47 bits per heavy atom. The lowest BCUT2D eigenvalue weighted by molar-refractivity contribution is 0.739. The van der Waals surface area contributed by atoms with Crippen molar-refractivity contribution in [3.05, 3.63) is 22.9 Å². The quantitative estimate of drug-likeness (QED) is 0.615. The Kier molecular flexibility index (Phi) is 3.05. The van der Waals surface area contributed by atoms with Gasteiger partial charge in [-0.05, 0) is 44.7 Å². The number of nitrogens with one attached hydrogen (secondary N) is 1. The highest BCUT2D eigenvalue weighted by Gasteiger charge is 2.20. The number of pyridine rings is 1. The molecule has 1 aromatic heterocycles.